The molecule has 0 radical (unpaired) electrons. The summed E-state index contributed by atoms with van der Waals surface area (Å²) in [5.74, 6) is -0.700. The molecule has 0 saturated carbocycles. The number of sulfonamides is 1. The van der Waals surface area contributed by atoms with Crippen molar-refractivity contribution in [3.63, 3.8) is 0 Å². The Labute approximate surface area is 190 Å². The number of ether oxygens (including phenoxy) is 1. The average molecular weight is 478 g/mol. The number of nitrogens with zero attached hydrogens (tertiary/aromatic N) is 4. The molecule has 4 rings (SSSR count). The fraction of sp³-hybridized carbons (Fsp3) is 0.333. The summed E-state index contributed by atoms with van der Waals surface area (Å²) in [6.07, 6.45) is 3.53. The lowest BCUT2D eigenvalue weighted by Crippen LogP contribution is -2.29. The van der Waals surface area contributed by atoms with Gasteiger partial charge in [0.05, 0.1) is 30.7 Å². The zero-order valence-corrected chi connectivity index (χ0v) is 18.9. The van der Waals surface area contributed by atoms with Crippen molar-refractivity contribution in [2.75, 3.05) is 19.7 Å². The second-order valence-corrected chi connectivity index (χ2v) is 9.82. The topological polar surface area (TPSA) is 112 Å². The minimum Gasteiger partial charge on any atom is -0.481 e. The molecule has 0 bridgehead atoms. The smallest absolute Gasteiger partial charge is 0.309 e. The Hall–Kier alpha value is -2.82. The highest BCUT2D eigenvalue weighted by Crippen LogP contribution is 2.31. The molecule has 2 aromatic rings. The third-order valence-electron chi connectivity index (χ3n) is 5.24. The predicted octanol–water partition coefficient (Wildman–Crippen LogP) is 2.75. The van der Waals surface area contributed by atoms with E-state index in [9.17, 15) is 18.3 Å². The highest BCUT2D eigenvalue weighted by Gasteiger charge is 2.36. The van der Waals surface area contributed by atoms with Crippen LogP contribution in [0.1, 0.15) is 25.3 Å². The van der Waals surface area contributed by atoms with Crippen molar-refractivity contribution in [3.8, 4) is 5.88 Å². The van der Waals surface area contributed by atoms with E-state index in [0.717, 1.165) is 0 Å². The number of carboxylic acid groups (broad SMARTS) is 1. The van der Waals surface area contributed by atoms with E-state index in [1.165, 1.54) is 16.6 Å². The number of fused-ring (bicyclic) bond motifs is 1. The first-order chi connectivity index (χ1) is 15.3. The van der Waals surface area contributed by atoms with Gasteiger partial charge in [0.2, 0.25) is 21.6 Å². The van der Waals surface area contributed by atoms with Crippen LogP contribution in [0.3, 0.4) is 0 Å². The maximum Gasteiger partial charge on any atom is 0.309 e. The molecule has 2 aliphatic heterocycles. The van der Waals surface area contributed by atoms with Gasteiger partial charge in [-0.3, -0.25) is 4.79 Å². The van der Waals surface area contributed by atoms with Crippen molar-refractivity contribution in [3.05, 3.63) is 47.1 Å². The van der Waals surface area contributed by atoms with Crippen molar-refractivity contribution in [1.82, 2.24) is 9.29 Å². The van der Waals surface area contributed by atoms with E-state index < -0.39 is 16.0 Å². The minimum absolute atomic E-state index is 0.0970. The summed E-state index contributed by atoms with van der Waals surface area (Å²) in [4.78, 5) is 15.4. The Balaban J connectivity index is 1.55. The summed E-state index contributed by atoms with van der Waals surface area (Å²) >= 11 is 6.13. The van der Waals surface area contributed by atoms with Gasteiger partial charge >= 0.3 is 5.97 Å². The summed E-state index contributed by atoms with van der Waals surface area (Å²) < 4.78 is 34.3. The number of hydrazone groups is 1. The summed E-state index contributed by atoms with van der Waals surface area (Å²) in [5.41, 5.74) is 1.82. The molecule has 32 heavy (non-hydrogen) atoms. The number of aliphatic carboxylic acids is 1. The Morgan fingerprint density at radius 1 is 1.38 bits per heavy atom. The maximum atomic E-state index is 13.0. The number of rotatable bonds is 7. The van der Waals surface area contributed by atoms with Crippen LogP contribution in [-0.2, 0) is 14.8 Å². The zero-order chi connectivity index (χ0) is 22.9. The lowest BCUT2D eigenvalue weighted by atomic mass is 10.1. The summed E-state index contributed by atoms with van der Waals surface area (Å²) in [6, 6.07) is 8.19. The van der Waals surface area contributed by atoms with Crippen molar-refractivity contribution >= 4 is 45.2 Å². The van der Waals surface area contributed by atoms with Crippen LogP contribution in [0, 0.1) is 5.92 Å². The molecule has 11 heteroatoms. The number of hydrogen-bond acceptors (Lipinski definition) is 6. The van der Waals surface area contributed by atoms with Crippen LogP contribution in [0.4, 0.5) is 5.69 Å². The van der Waals surface area contributed by atoms with Crippen LogP contribution in [0.5, 0.6) is 5.88 Å². The monoisotopic (exact) mass is 477 g/mol. The van der Waals surface area contributed by atoms with E-state index in [1.54, 1.807) is 28.9 Å². The number of carbonyl (C=O) groups is 1. The van der Waals surface area contributed by atoms with Crippen molar-refractivity contribution in [1.29, 1.82) is 0 Å². The molecule has 1 N–H and O–H groups in total. The number of carboxylic acids is 1. The van der Waals surface area contributed by atoms with Gasteiger partial charge in [-0.1, -0.05) is 16.3 Å². The molecule has 1 saturated heterocycles. The van der Waals surface area contributed by atoms with E-state index in [4.69, 9.17) is 16.3 Å². The Morgan fingerprint density at radius 2 is 2.19 bits per heavy atom. The Kier molecular flexibility index (Phi) is 6.27. The third kappa shape index (κ3) is 4.52. The third-order valence-corrected chi connectivity index (χ3v) is 7.33. The number of hydrogen-bond donors (Lipinski definition) is 1. The van der Waals surface area contributed by atoms with Gasteiger partial charge in [-0.05, 0) is 31.5 Å². The molecule has 0 amide bonds. The lowest BCUT2D eigenvalue weighted by Gasteiger charge is -2.15. The van der Waals surface area contributed by atoms with Crippen LogP contribution < -0.4 is 4.74 Å². The number of aromatic nitrogens is 1. The molecular weight excluding hydrogens is 456 g/mol. The van der Waals surface area contributed by atoms with Gasteiger partial charge in [0, 0.05) is 35.3 Å². The van der Waals surface area contributed by atoms with Gasteiger partial charge in [0.25, 0.3) is 0 Å². The van der Waals surface area contributed by atoms with Gasteiger partial charge < -0.3 is 9.84 Å². The van der Waals surface area contributed by atoms with Crippen molar-refractivity contribution < 1.29 is 27.7 Å². The average Bonchev–Trinajstić information content (AvgIpc) is 3.34. The van der Waals surface area contributed by atoms with Crippen LogP contribution in [0.25, 0.3) is 0 Å². The van der Waals surface area contributed by atoms with E-state index in [-0.39, 0.29) is 23.8 Å². The van der Waals surface area contributed by atoms with Gasteiger partial charge in [0.15, 0.2) is 6.21 Å². The highest BCUT2D eigenvalue weighted by molar-refractivity contribution is 7.89. The van der Waals surface area contributed by atoms with E-state index >= 15 is 0 Å². The fourth-order valence-corrected chi connectivity index (χ4v) is 5.38. The molecule has 1 atom stereocenters. The second-order valence-electron chi connectivity index (χ2n) is 7.45. The van der Waals surface area contributed by atoms with E-state index in [2.05, 4.69) is 10.1 Å². The lowest BCUT2D eigenvalue weighted by molar-refractivity contribution is -0.438. The van der Waals surface area contributed by atoms with Gasteiger partial charge in [-0.2, -0.15) is 4.31 Å². The summed E-state index contributed by atoms with van der Waals surface area (Å²) in [5, 5.41) is 14.1. The Morgan fingerprint density at radius 3 is 2.88 bits per heavy atom. The largest absolute Gasteiger partial charge is 0.481 e. The molecular formula is C21H22ClN4O5S+. The van der Waals surface area contributed by atoms with Crippen LogP contribution in [-0.4, -0.2) is 65.1 Å². The maximum absolute atomic E-state index is 13.0. The van der Waals surface area contributed by atoms with E-state index in [0.29, 0.717) is 47.4 Å². The predicted molar refractivity (Wildman–Crippen MR) is 118 cm³/mol. The summed E-state index contributed by atoms with van der Waals surface area (Å²) in [7, 11) is -3.69. The molecule has 1 fully saturated rings. The molecule has 0 aliphatic carbocycles. The molecule has 1 unspecified atom stereocenters. The van der Waals surface area contributed by atoms with Gasteiger partial charge in [-0.15, -0.1) is 0 Å². The SMILES string of the molecule is CCOc1ccc(S(=O)(=O)N2CCC(/C=[N+]3/N=C(CC(=O)O)c4ccc(Cl)cc43)C2)cn1. The molecule has 9 nitrogen and oxygen atoms in total. The van der Waals surface area contributed by atoms with Crippen molar-refractivity contribution in [2.24, 2.45) is 11.0 Å². The van der Waals surface area contributed by atoms with Crippen LogP contribution >= 0.6 is 11.6 Å². The first-order valence-corrected chi connectivity index (χ1v) is 11.9. The molecule has 1 aromatic carbocycles. The Bertz CT molecular complexity index is 1210. The molecule has 3 heterocycles. The number of pyridine rings is 1. The van der Waals surface area contributed by atoms with Crippen LogP contribution in [0.2, 0.25) is 5.02 Å². The first-order valence-electron chi connectivity index (χ1n) is 10.1. The van der Waals surface area contributed by atoms with Gasteiger partial charge in [0.1, 0.15) is 10.6 Å². The highest BCUT2D eigenvalue weighted by atomic mass is 35.5. The number of halogens is 1. The summed E-state index contributed by atoms with van der Waals surface area (Å²) in [6.45, 7) is 2.92. The molecule has 2 aliphatic rings. The normalized spacial score (nSPS) is 19.8. The van der Waals surface area contributed by atoms with Gasteiger partial charge in [-0.25, -0.2) is 13.4 Å². The van der Waals surface area contributed by atoms with E-state index in [1.807, 2.05) is 13.1 Å². The first kappa shape index (κ1) is 22.4. The standard InChI is InChI=1S/C21H21ClN4O5S/c1-2-31-20-6-4-16(11-23-20)32(29,30)25-8-7-14(12-25)13-26-19-9-15(22)3-5-17(19)18(24-26)10-21(27)28/h3-6,9,11,13-14H,2,7-8,10,12H2,1H3/p+1/b26-13+. The molecule has 168 valence electrons. The minimum atomic E-state index is -3.69. The second kappa shape index (κ2) is 8.97. The fourth-order valence-electron chi connectivity index (χ4n) is 3.76. The van der Waals surface area contributed by atoms with Crippen LogP contribution in [0.15, 0.2) is 46.5 Å². The number of benzene rings is 1. The zero-order valence-electron chi connectivity index (χ0n) is 17.3. The van der Waals surface area contributed by atoms with Crippen molar-refractivity contribution in [2.45, 2.75) is 24.7 Å². The quantitative estimate of drug-likeness (QED) is 0.613. The molecule has 0 spiro atoms. The molecule has 1 aromatic heterocycles.